The number of carbonyl (C=O) groups excluding carboxylic acids is 1. The van der Waals surface area contributed by atoms with Crippen molar-refractivity contribution in [2.75, 3.05) is 16.8 Å². The normalized spacial score (nSPS) is 19.0. The van der Waals surface area contributed by atoms with Crippen molar-refractivity contribution in [1.29, 1.82) is 0 Å². The molecule has 0 bridgehead atoms. The summed E-state index contributed by atoms with van der Waals surface area (Å²) in [6.45, 7) is -0.369. The first-order valence-electron chi connectivity index (χ1n) is 14.4. The molecule has 1 amide bonds. The Bertz CT molecular complexity index is 1790. The van der Waals surface area contributed by atoms with Crippen LogP contribution in [0.4, 0.5) is 34.1 Å². The van der Waals surface area contributed by atoms with Crippen LogP contribution in [0.25, 0.3) is 22.6 Å². The van der Waals surface area contributed by atoms with Crippen LogP contribution >= 0.6 is 11.6 Å². The average molecular weight is 662 g/mol. The highest BCUT2D eigenvalue weighted by Crippen LogP contribution is 2.40. The molecule has 6 rings (SSSR count). The minimum absolute atomic E-state index is 0.0211. The first-order chi connectivity index (χ1) is 21.9. The maximum absolute atomic E-state index is 14.3. The third-order valence-corrected chi connectivity index (χ3v) is 8.33. The Labute approximate surface area is 264 Å². The van der Waals surface area contributed by atoms with Crippen LogP contribution in [-0.2, 0) is 18.0 Å². The van der Waals surface area contributed by atoms with Crippen LogP contribution in [0.1, 0.15) is 44.1 Å². The van der Waals surface area contributed by atoms with Crippen LogP contribution in [0.2, 0.25) is 5.02 Å². The number of halogens is 5. The Balaban J connectivity index is 1.18. The van der Waals surface area contributed by atoms with Crippen molar-refractivity contribution in [2.24, 2.45) is 7.05 Å². The highest BCUT2D eigenvalue weighted by atomic mass is 35.5. The van der Waals surface area contributed by atoms with E-state index in [1.54, 1.807) is 19.3 Å². The van der Waals surface area contributed by atoms with E-state index in [9.17, 15) is 27.2 Å². The van der Waals surface area contributed by atoms with Crippen molar-refractivity contribution in [3.63, 3.8) is 0 Å². The summed E-state index contributed by atoms with van der Waals surface area (Å²) >= 11 is 6.04. The van der Waals surface area contributed by atoms with Crippen LogP contribution in [-0.4, -0.2) is 65.2 Å². The molecular weight excluding hydrogens is 634 g/mol. The highest BCUT2D eigenvalue weighted by Gasteiger charge is 2.45. The summed E-state index contributed by atoms with van der Waals surface area (Å²) in [7, 11) is 1.63. The van der Waals surface area contributed by atoms with Gasteiger partial charge in [0.25, 0.3) is 5.56 Å². The van der Waals surface area contributed by atoms with Crippen LogP contribution < -0.4 is 15.8 Å². The lowest BCUT2D eigenvalue weighted by molar-refractivity contribution is -0.137. The number of ether oxygens (including phenoxy) is 1. The number of pyridine rings is 1. The molecule has 2 aliphatic carbocycles. The number of alkyl halides is 4. The number of aromatic amines is 1. The van der Waals surface area contributed by atoms with Crippen molar-refractivity contribution < 1.29 is 27.1 Å². The van der Waals surface area contributed by atoms with E-state index in [0.29, 0.717) is 56.0 Å². The number of rotatable bonds is 8. The summed E-state index contributed by atoms with van der Waals surface area (Å²) in [6.07, 6.45) is 3.37. The molecule has 2 fully saturated rings. The first kappa shape index (κ1) is 31.4. The monoisotopic (exact) mass is 661 g/mol. The number of hydrogen-bond donors (Lipinski definition) is 2. The lowest BCUT2D eigenvalue weighted by Gasteiger charge is -2.35. The molecule has 4 heterocycles. The summed E-state index contributed by atoms with van der Waals surface area (Å²) in [5, 5.41) is 9.22. The molecule has 0 spiro atoms. The third-order valence-electron chi connectivity index (χ3n) is 8.05. The molecule has 0 radical (unpaired) electrons. The zero-order chi connectivity index (χ0) is 32.6. The number of H-pyrrole nitrogens is 1. The molecule has 0 unspecified atom stereocenters. The first-order valence-corrected chi connectivity index (χ1v) is 14.8. The Morgan fingerprint density at radius 2 is 1.91 bits per heavy atom. The molecule has 12 nitrogen and oxygen atoms in total. The van der Waals surface area contributed by atoms with Gasteiger partial charge in [0.1, 0.15) is 29.2 Å². The fourth-order valence-corrected chi connectivity index (χ4v) is 5.40. The van der Waals surface area contributed by atoms with E-state index in [1.165, 1.54) is 34.1 Å². The number of nitrogens with one attached hydrogen (secondary N) is 2. The number of hydrogen-bond acceptors (Lipinski definition) is 9. The summed E-state index contributed by atoms with van der Waals surface area (Å²) in [6, 6.07) is 2.52. The predicted octanol–water partition coefficient (Wildman–Crippen LogP) is 5.56. The highest BCUT2D eigenvalue weighted by molar-refractivity contribution is 6.32. The molecule has 4 aromatic heterocycles. The molecular formula is C29H28ClF4N9O3. The van der Waals surface area contributed by atoms with Gasteiger partial charge in [0.05, 0.1) is 29.3 Å². The van der Waals surface area contributed by atoms with Gasteiger partial charge in [-0.1, -0.05) is 11.6 Å². The number of carbonyl (C=O) groups is 1. The summed E-state index contributed by atoms with van der Waals surface area (Å²) in [4.78, 5) is 43.6. The number of amides is 1. The van der Waals surface area contributed by atoms with Gasteiger partial charge in [-0.2, -0.15) is 18.3 Å². The van der Waals surface area contributed by atoms with E-state index in [2.05, 4.69) is 35.5 Å². The maximum atomic E-state index is 14.3. The summed E-state index contributed by atoms with van der Waals surface area (Å²) < 4.78 is 62.1. The van der Waals surface area contributed by atoms with Crippen LogP contribution in [0.15, 0.2) is 47.9 Å². The Kier molecular flexibility index (Phi) is 8.39. The molecule has 0 aromatic carbocycles. The van der Waals surface area contributed by atoms with Gasteiger partial charge in [0.15, 0.2) is 5.82 Å². The minimum atomic E-state index is -4.72. The second kappa shape index (κ2) is 12.3. The molecule has 0 atom stereocenters. The van der Waals surface area contributed by atoms with Crippen LogP contribution in [0.3, 0.4) is 0 Å². The Morgan fingerprint density at radius 1 is 1.15 bits per heavy atom. The molecule has 2 N–H and O–H groups in total. The molecule has 2 aliphatic rings. The lowest BCUT2D eigenvalue weighted by atomic mass is 9.90. The molecule has 0 saturated heterocycles. The third kappa shape index (κ3) is 6.80. The maximum Gasteiger partial charge on any atom is 0.420 e. The van der Waals surface area contributed by atoms with E-state index in [0.717, 1.165) is 0 Å². The second-order valence-corrected chi connectivity index (χ2v) is 11.8. The number of anilines is 2. The lowest BCUT2D eigenvalue weighted by Crippen LogP contribution is -2.45. The van der Waals surface area contributed by atoms with Gasteiger partial charge in [0, 0.05) is 43.2 Å². The van der Waals surface area contributed by atoms with Gasteiger partial charge in [-0.3, -0.25) is 19.8 Å². The largest absolute Gasteiger partial charge is 0.446 e. The van der Waals surface area contributed by atoms with Crippen molar-refractivity contribution in [3.8, 4) is 22.6 Å². The molecule has 17 heteroatoms. The van der Waals surface area contributed by atoms with E-state index in [1.807, 2.05) is 0 Å². The predicted molar refractivity (Wildman–Crippen MR) is 159 cm³/mol. The van der Waals surface area contributed by atoms with E-state index < -0.39 is 35.2 Å². The van der Waals surface area contributed by atoms with E-state index in [-0.39, 0.29) is 40.7 Å². The SMILES string of the molecule is Cn1ccc(-c2cnc(N(C(=O)OCC3(F)CC3)C3CCC(Nc4ncc(C(F)(F)F)c(-c5[nH]ncc5Cl)n4)CC3)cn2)cc1=O. The Morgan fingerprint density at radius 3 is 2.52 bits per heavy atom. The summed E-state index contributed by atoms with van der Waals surface area (Å²) in [5.74, 6) is 0.174. The molecule has 4 aromatic rings. The standard InChI is InChI=1S/C29H28ClF4N9O3/c1-42-9-6-16(10-23(42)44)21-13-36-22(14-35-21)43(27(45)46-15-28(31)7-8-28)18-4-2-17(3-5-18)39-26-37-11-19(29(32,33)34)24(40-26)25-20(30)12-38-41-25/h6,9-14,17-18H,2-5,7-8,15H2,1H3,(H,38,41)(H,37,39,40). The van der Waals surface area contributed by atoms with Gasteiger partial charge in [-0.05, 0) is 44.6 Å². The van der Waals surface area contributed by atoms with E-state index >= 15 is 0 Å². The van der Waals surface area contributed by atoms with Crippen molar-refractivity contribution in [2.45, 2.75) is 62.5 Å². The topological polar surface area (TPSA) is 144 Å². The fraction of sp³-hybridized carbons (Fsp3) is 0.414. The number of nitrogens with zero attached hydrogens (tertiary/aromatic N) is 7. The molecule has 242 valence electrons. The zero-order valence-corrected chi connectivity index (χ0v) is 25.1. The van der Waals surface area contributed by atoms with Crippen molar-refractivity contribution in [3.05, 3.63) is 64.1 Å². The Hall–Kier alpha value is -4.60. The molecule has 46 heavy (non-hydrogen) atoms. The quantitative estimate of drug-likeness (QED) is 0.232. The van der Waals surface area contributed by atoms with Gasteiger partial charge in [-0.25, -0.2) is 24.1 Å². The molecule has 0 aliphatic heterocycles. The smallest absolute Gasteiger partial charge is 0.420 e. The van der Waals surface area contributed by atoms with Crippen LogP contribution in [0, 0.1) is 0 Å². The van der Waals surface area contributed by atoms with Gasteiger partial charge < -0.3 is 14.6 Å². The van der Waals surface area contributed by atoms with Gasteiger partial charge in [0.2, 0.25) is 5.95 Å². The second-order valence-electron chi connectivity index (χ2n) is 11.4. The fourth-order valence-electron chi connectivity index (χ4n) is 5.22. The zero-order valence-electron chi connectivity index (χ0n) is 24.4. The van der Waals surface area contributed by atoms with Gasteiger partial charge >= 0.3 is 12.3 Å². The van der Waals surface area contributed by atoms with Crippen molar-refractivity contribution >= 4 is 29.5 Å². The van der Waals surface area contributed by atoms with Crippen LogP contribution in [0.5, 0.6) is 0 Å². The number of aryl methyl sites for hydroxylation is 1. The van der Waals surface area contributed by atoms with Crippen molar-refractivity contribution in [1.82, 2.24) is 34.7 Å². The van der Waals surface area contributed by atoms with E-state index in [4.69, 9.17) is 16.3 Å². The van der Waals surface area contributed by atoms with Gasteiger partial charge in [-0.15, -0.1) is 0 Å². The number of aromatic nitrogens is 7. The average Bonchev–Trinajstić information content (AvgIpc) is 3.62. The summed E-state index contributed by atoms with van der Waals surface area (Å²) in [5.41, 5.74) is -2.34. The molecule has 2 saturated carbocycles. The minimum Gasteiger partial charge on any atom is -0.446 e.